The number of carbonyl (C=O) groups excluding carboxylic acids is 1. The number of aromatic nitrogens is 2. The molecule has 1 aromatic heterocycles. The van der Waals surface area contributed by atoms with E-state index in [4.69, 9.17) is 0 Å². The second-order valence-electron chi connectivity index (χ2n) is 5.18. The highest BCUT2D eigenvalue weighted by atomic mass is 79.9. The second kappa shape index (κ2) is 7.76. The lowest BCUT2D eigenvalue weighted by atomic mass is 10.1. The average Bonchev–Trinajstić information content (AvgIpc) is 3.14. The molecule has 5 nitrogen and oxygen atoms in total. The zero-order valence-corrected chi connectivity index (χ0v) is 14.4. The van der Waals surface area contributed by atoms with E-state index in [0.717, 1.165) is 29.5 Å². The first-order valence-electron chi connectivity index (χ1n) is 6.99. The molecule has 1 fully saturated rings. The van der Waals surface area contributed by atoms with E-state index in [1.165, 1.54) is 0 Å². The molecule has 1 atom stereocenters. The lowest BCUT2D eigenvalue weighted by Crippen LogP contribution is -2.26. The lowest BCUT2D eigenvalue weighted by Gasteiger charge is -2.12. The van der Waals surface area contributed by atoms with Crippen molar-refractivity contribution in [2.45, 2.75) is 13.0 Å². The molecule has 1 aromatic carbocycles. The van der Waals surface area contributed by atoms with Gasteiger partial charge in [-0.05, 0) is 30.7 Å². The van der Waals surface area contributed by atoms with Crippen LogP contribution in [-0.2, 0) is 11.3 Å². The zero-order chi connectivity index (χ0) is 14.7. The number of carbonyl (C=O) groups is 1. The molecule has 1 amide bonds. The van der Waals surface area contributed by atoms with Crippen molar-refractivity contribution in [1.29, 1.82) is 0 Å². The predicted molar refractivity (Wildman–Crippen MR) is 92.3 cm³/mol. The van der Waals surface area contributed by atoms with Crippen molar-refractivity contribution in [2.24, 2.45) is 5.92 Å². The van der Waals surface area contributed by atoms with Crippen LogP contribution in [0.15, 0.2) is 41.1 Å². The van der Waals surface area contributed by atoms with Gasteiger partial charge in [-0.3, -0.25) is 10.1 Å². The van der Waals surface area contributed by atoms with Gasteiger partial charge in [-0.1, -0.05) is 28.1 Å². The van der Waals surface area contributed by atoms with Crippen molar-refractivity contribution >= 4 is 40.2 Å². The van der Waals surface area contributed by atoms with E-state index < -0.39 is 0 Å². The maximum absolute atomic E-state index is 12.2. The maximum atomic E-state index is 12.2. The third kappa shape index (κ3) is 4.09. The van der Waals surface area contributed by atoms with E-state index in [2.05, 4.69) is 43.7 Å². The van der Waals surface area contributed by atoms with Crippen molar-refractivity contribution in [3.05, 3.63) is 46.7 Å². The fourth-order valence-electron chi connectivity index (χ4n) is 2.44. The van der Waals surface area contributed by atoms with Crippen LogP contribution in [0.5, 0.6) is 0 Å². The molecule has 2 aromatic rings. The highest BCUT2D eigenvalue weighted by Gasteiger charge is 2.23. The van der Waals surface area contributed by atoms with Gasteiger partial charge in [-0.2, -0.15) is 0 Å². The second-order valence-corrected chi connectivity index (χ2v) is 6.10. The summed E-state index contributed by atoms with van der Waals surface area (Å²) in [5.74, 6) is 0.695. The monoisotopic (exact) mass is 384 g/mol. The van der Waals surface area contributed by atoms with Gasteiger partial charge in [0, 0.05) is 23.4 Å². The van der Waals surface area contributed by atoms with Crippen LogP contribution in [0.1, 0.15) is 12.0 Å². The molecule has 22 heavy (non-hydrogen) atoms. The smallest absolute Gasteiger partial charge is 0.231 e. The van der Waals surface area contributed by atoms with Gasteiger partial charge in [0.2, 0.25) is 11.9 Å². The molecule has 1 saturated heterocycles. The Morgan fingerprint density at radius 1 is 1.41 bits per heavy atom. The first kappa shape index (κ1) is 17.0. The molecule has 0 spiro atoms. The van der Waals surface area contributed by atoms with Gasteiger partial charge in [-0.15, -0.1) is 12.4 Å². The Balaban J connectivity index is 0.00000176. The lowest BCUT2D eigenvalue weighted by molar-refractivity contribution is -0.119. The van der Waals surface area contributed by atoms with Crippen LogP contribution in [0.3, 0.4) is 0 Å². The number of rotatable bonds is 4. The SMILES string of the molecule is Cl.O=C(Nc1nccn1Cc1ccc(Br)cc1)C1CCNC1. The zero-order valence-electron chi connectivity index (χ0n) is 12.0. The summed E-state index contributed by atoms with van der Waals surface area (Å²) in [7, 11) is 0. The summed E-state index contributed by atoms with van der Waals surface area (Å²) in [4.78, 5) is 16.4. The van der Waals surface area contributed by atoms with Gasteiger partial charge in [0.15, 0.2) is 0 Å². The highest BCUT2D eigenvalue weighted by Crippen LogP contribution is 2.15. The van der Waals surface area contributed by atoms with E-state index in [1.54, 1.807) is 6.20 Å². The average molecular weight is 386 g/mol. The van der Waals surface area contributed by atoms with Crippen molar-refractivity contribution in [3.8, 4) is 0 Å². The van der Waals surface area contributed by atoms with Crippen LogP contribution in [-0.4, -0.2) is 28.5 Å². The van der Waals surface area contributed by atoms with Crippen LogP contribution in [0.2, 0.25) is 0 Å². The fourth-order valence-corrected chi connectivity index (χ4v) is 2.70. The summed E-state index contributed by atoms with van der Waals surface area (Å²) in [5, 5.41) is 6.13. The summed E-state index contributed by atoms with van der Waals surface area (Å²) >= 11 is 3.43. The predicted octanol–water partition coefficient (Wildman–Crippen LogP) is 2.66. The summed E-state index contributed by atoms with van der Waals surface area (Å²) in [6.45, 7) is 2.34. The van der Waals surface area contributed by atoms with Gasteiger partial charge in [0.25, 0.3) is 0 Å². The first-order chi connectivity index (χ1) is 10.2. The summed E-state index contributed by atoms with van der Waals surface area (Å²) in [5.41, 5.74) is 1.16. The van der Waals surface area contributed by atoms with Gasteiger partial charge in [0.05, 0.1) is 12.5 Å². The number of halogens is 2. The van der Waals surface area contributed by atoms with E-state index in [-0.39, 0.29) is 24.2 Å². The summed E-state index contributed by atoms with van der Waals surface area (Å²) < 4.78 is 3.00. The number of amides is 1. The number of anilines is 1. The molecule has 0 bridgehead atoms. The van der Waals surface area contributed by atoms with E-state index in [9.17, 15) is 4.79 Å². The highest BCUT2D eigenvalue weighted by molar-refractivity contribution is 9.10. The molecule has 0 aliphatic carbocycles. The number of hydrogen-bond acceptors (Lipinski definition) is 3. The minimum absolute atomic E-state index is 0. The Kier molecular flexibility index (Phi) is 5.99. The molecule has 1 unspecified atom stereocenters. The molecular formula is C15H18BrClN4O. The minimum Gasteiger partial charge on any atom is -0.316 e. The van der Waals surface area contributed by atoms with Crippen LogP contribution in [0, 0.1) is 5.92 Å². The topological polar surface area (TPSA) is 59.0 Å². The van der Waals surface area contributed by atoms with Crippen molar-refractivity contribution < 1.29 is 4.79 Å². The number of benzene rings is 1. The molecular weight excluding hydrogens is 368 g/mol. The Hall–Kier alpha value is -1.37. The molecule has 118 valence electrons. The number of nitrogens with one attached hydrogen (secondary N) is 2. The molecule has 2 N–H and O–H groups in total. The minimum atomic E-state index is 0. The van der Waals surface area contributed by atoms with Gasteiger partial charge >= 0.3 is 0 Å². The number of imidazole rings is 1. The van der Waals surface area contributed by atoms with Crippen LogP contribution < -0.4 is 10.6 Å². The van der Waals surface area contributed by atoms with Crippen molar-refractivity contribution in [2.75, 3.05) is 18.4 Å². The Morgan fingerprint density at radius 2 is 2.18 bits per heavy atom. The maximum Gasteiger partial charge on any atom is 0.231 e. The Bertz CT molecular complexity index is 623. The van der Waals surface area contributed by atoms with Crippen LogP contribution in [0.25, 0.3) is 0 Å². The van der Waals surface area contributed by atoms with Crippen molar-refractivity contribution in [1.82, 2.24) is 14.9 Å². The fraction of sp³-hybridized carbons (Fsp3) is 0.333. The van der Waals surface area contributed by atoms with Gasteiger partial charge < -0.3 is 9.88 Å². The third-order valence-electron chi connectivity index (χ3n) is 3.65. The van der Waals surface area contributed by atoms with E-state index in [0.29, 0.717) is 12.5 Å². The molecule has 0 radical (unpaired) electrons. The number of hydrogen-bond donors (Lipinski definition) is 2. The Morgan fingerprint density at radius 3 is 2.86 bits per heavy atom. The van der Waals surface area contributed by atoms with E-state index >= 15 is 0 Å². The summed E-state index contributed by atoms with van der Waals surface area (Å²) in [6, 6.07) is 8.12. The quantitative estimate of drug-likeness (QED) is 0.851. The van der Waals surface area contributed by atoms with E-state index in [1.807, 2.05) is 22.9 Å². The van der Waals surface area contributed by atoms with Crippen LogP contribution in [0.4, 0.5) is 5.95 Å². The third-order valence-corrected chi connectivity index (χ3v) is 4.18. The molecule has 3 rings (SSSR count). The molecule has 1 aliphatic heterocycles. The van der Waals surface area contributed by atoms with Gasteiger partial charge in [-0.25, -0.2) is 4.98 Å². The number of nitrogens with zero attached hydrogens (tertiary/aromatic N) is 2. The normalized spacial score (nSPS) is 17.0. The first-order valence-corrected chi connectivity index (χ1v) is 7.79. The molecule has 0 saturated carbocycles. The largest absolute Gasteiger partial charge is 0.316 e. The molecule has 2 heterocycles. The van der Waals surface area contributed by atoms with Crippen molar-refractivity contribution in [3.63, 3.8) is 0 Å². The van der Waals surface area contributed by atoms with Crippen LogP contribution >= 0.6 is 28.3 Å². The standard InChI is InChI=1S/C15H17BrN4O.ClH/c16-13-3-1-11(2-4-13)10-20-8-7-18-15(20)19-14(21)12-5-6-17-9-12;/h1-4,7-8,12,17H,5-6,9-10H2,(H,18,19,21);1H. The summed E-state index contributed by atoms with van der Waals surface area (Å²) in [6.07, 6.45) is 4.48. The molecule has 1 aliphatic rings. The Labute approximate surface area is 144 Å². The van der Waals surface area contributed by atoms with Gasteiger partial charge in [0.1, 0.15) is 0 Å². The molecule has 7 heteroatoms.